The highest BCUT2D eigenvalue weighted by Gasteiger charge is 2.04. The molecule has 2 aromatic carbocycles. The molecule has 0 radical (unpaired) electrons. The van der Waals surface area contributed by atoms with Crippen molar-refractivity contribution in [2.24, 2.45) is 0 Å². The number of benzene rings is 2. The molecule has 0 saturated heterocycles. The van der Waals surface area contributed by atoms with E-state index in [1.54, 1.807) is 31.4 Å². The predicted molar refractivity (Wildman–Crippen MR) is 77.5 cm³/mol. The zero-order valence-electron chi connectivity index (χ0n) is 11.4. The Kier molecular flexibility index (Phi) is 5.90. The average Bonchev–Trinajstić information content (AvgIpc) is 2.49. The largest absolute Gasteiger partial charge is 0.504 e. The minimum Gasteiger partial charge on any atom is -0.504 e. The molecule has 5 nitrogen and oxygen atoms in total. The summed E-state index contributed by atoms with van der Waals surface area (Å²) >= 11 is 0. The molecular weight excluding hydrogens is 258 g/mol. The van der Waals surface area contributed by atoms with Crippen LogP contribution in [0.2, 0.25) is 0 Å². The number of hydrogen-bond donors (Lipinski definition) is 2. The van der Waals surface area contributed by atoms with E-state index in [1.165, 1.54) is 13.2 Å². The van der Waals surface area contributed by atoms with Gasteiger partial charge in [-0.25, -0.2) is 0 Å². The van der Waals surface area contributed by atoms with Gasteiger partial charge in [-0.3, -0.25) is 4.79 Å². The third kappa shape index (κ3) is 4.20. The van der Waals surface area contributed by atoms with Crippen LogP contribution in [0.1, 0.15) is 10.4 Å². The first-order valence-electron chi connectivity index (χ1n) is 5.83. The molecule has 5 heteroatoms. The Morgan fingerprint density at radius 1 is 1.05 bits per heavy atom. The number of ether oxygens (including phenoxy) is 2. The number of aldehydes is 1. The fourth-order valence-corrected chi connectivity index (χ4v) is 1.40. The molecule has 0 aliphatic rings. The lowest BCUT2D eigenvalue weighted by atomic mass is 10.2. The van der Waals surface area contributed by atoms with Gasteiger partial charge < -0.3 is 20.3 Å². The van der Waals surface area contributed by atoms with Crippen molar-refractivity contribution in [1.29, 1.82) is 0 Å². The summed E-state index contributed by atoms with van der Waals surface area (Å²) in [4.78, 5) is 10.3. The molecule has 0 saturated carbocycles. The lowest BCUT2D eigenvalue weighted by molar-refractivity contribution is 0.112. The van der Waals surface area contributed by atoms with Gasteiger partial charge in [-0.05, 0) is 36.4 Å². The lowest BCUT2D eigenvalue weighted by Gasteiger charge is -2.02. The highest BCUT2D eigenvalue weighted by Crippen LogP contribution is 2.27. The summed E-state index contributed by atoms with van der Waals surface area (Å²) in [5, 5.41) is 9.23. The highest BCUT2D eigenvalue weighted by atomic mass is 16.5. The van der Waals surface area contributed by atoms with Gasteiger partial charge in [-0.2, -0.15) is 0 Å². The zero-order chi connectivity index (χ0) is 15.0. The Morgan fingerprint density at radius 3 is 2.20 bits per heavy atom. The Bertz CT molecular complexity index is 552. The number of carbonyl (C=O) groups excluding carboxylic acids is 1. The summed E-state index contributed by atoms with van der Waals surface area (Å²) in [5.41, 5.74) is 6.43. The molecule has 3 N–H and O–H groups in total. The normalized spacial score (nSPS) is 9.10. The molecule has 0 spiro atoms. The fourth-order valence-electron chi connectivity index (χ4n) is 1.40. The van der Waals surface area contributed by atoms with E-state index >= 15 is 0 Å². The van der Waals surface area contributed by atoms with Crippen LogP contribution in [0.5, 0.6) is 17.2 Å². The van der Waals surface area contributed by atoms with Gasteiger partial charge >= 0.3 is 0 Å². The number of nitrogens with two attached hydrogens (primary N) is 1. The number of phenolic OH excluding ortho intramolecular Hbond substituents is 1. The van der Waals surface area contributed by atoms with Crippen LogP contribution < -0.4 is 15.2 Å². The standard InChI is InChI=1S/C8H8O3.C7H9NO/c1-11-7-4-2-3-6(5-9)8(7)10;1-9-7-4-2-6(8)3-5-7/h2-5,10H,1H3;2-5H,8H2,1H3. The number of phenols is 1. The maximum atomic E-state index is 10.3. The van der Waals surface area contributed by atoms with Crippen molar-refractivity contribution in [1.82, 2.24) is 0 Å². The summed E-state index contributed by atoms with van der Waals surface area (Å²) in [6.07, 6.45) is 0.581. The summed E-state index contributed by atoms with van der Waals surface area (Å²) in [7, 11) is 3.06. The molecule has 106 valence electrons. The van der Waals surface area contributed by atoms with Gasteiger partial charge in [0.1, 0.15) is 5.75 Å². The van der Waals surface area contributed by atoms with Gasteiger partial charge in [0, 0.05) is 5.69 Å². The van der Waals surface area contributed by atoms with Crippen molar-refractivity contribution in [3.05, 3.63) is 48.0 Å². The number of nitrogen functional groups attached to an aromatic ring is 1. The van der Waals surface area contributed by atoms with Crippen LogP contribution in [0.15, 0.2) is 42.5 Å². The number of aromatic hydroxyl groups is 1. The van der Waals surface area contributed by atoms with Crippen LogP contribution in [0.4, 0.5) is 5.69 Å². The molecule has 0 bridgehead atoms. The first kappa shape index (κ1) is 15.4. The van der Waals surface area contributed by atoms with Crippen LogP contribution in [0, 0.1) is 0 Å². The van der Waals surface area contributed by atoms with E-state index in [1.807, 2.05) is 12.1 Å². The van der Waals surface area contributed by atoms with Crippen molar-refractivity contribution in [3.63, 3.8) is 0 Å². The molecule has 0 unspecified atom stereocenters. The molecule has 0 aliphatic heterocycles. The van der Waals surface area contributed by atoms with Gasteiger partial charge in [0.15, 0.2) is 17.8 Å². The average molecular weight is 275 g/mol. The highest BCUT2D eigenvalue weighted by molar-refractivity contribution is 5.80. The Hall–Kier alpha value is -2.69. The number of para-hydroxylation sites is 1. The first-order valence-corrected chi connectivity index (χ1v) is 5.83. The molecule has 20 heavy (non-hydrogen) atoms. The molecule has 0 amide bonds. The molecule has 2 aromatic rings. The van der Waals surface area contributed by atoms with Gasteiger partial charge in [-0.1, -0.05) is 6.07 Å². The van der Waals surface area contributed by atoms with E-state index in [4.69, 9.17) is 15.2 Å². The maximum absolute atomic E-state index is 10.3. The monoisotopic (exact) mass is 275 g/mol. The smallest absolute Gasteiger partial charge is 0.168 e. The lowest BCUT2D eigenvalue weighted by Crippen LogP contribution is -1.86. The molecule has 0 fully saturated rings. The number of anilines is 1. The van der Waals surface area contributed by atoms with E-state index in [9.17, 15) is 9.90 Å². The van der Waals surface area contributed by atoms with E-state index < -0.39 is 0 Å². The van der Waals surface area contributed by atoms with Crippen LogP contribution >= 0.6 is 0 Å². The summed E-state index contributed by atoms with van der Waals surface area (Å²) in [6.45, 7) is 0. The van der Waals surface area contributed by atoms with E-state index in [0.717, 1.165) is 11.4 Å². The van der Waals surface area contributed by atoms with E-state index in [-0.39, 0.29) is 11.3 Å². The summed E-state index contributed by atoms with van der Waals surface area (Å²) in [5.74, 6) is 1.05. The van der Waals surface area contributed by atoms with Crippen LogP contribution in [-0.4, -0.2) is 25.6 Å². The third-order valence-corrected chi connectivity index (χ3v) is 2.49. The van der Waals surface area contributed by atoms with Crippen molar-refractivity contribution < 1.29 is 19.4 Å². The molecule has 0 aliphatic carbocycles. The van der Waals surface area contributed by atoms with Crippen molar-refractivity contribution in [2.75, 3.05) is 20.0 Å². The number of rotatable bonds is 3. The predicted octanol–water partition coefficient (Wildman–Crippen LogP) is 2.49. The SMILES string of the molecule is COc1ccc(N)cc1.COc1cccc(C=O)c1O. The second-order valence-corrected chi connectivity index (χ2v) is 3.79. The second kappa shape index (κ2) is 7.68. The van der Waals surface area contributed by atoms with E-state index in [0.29, 0.717) is 12.0 Å². The minimum absolute atomic E-state index is 0.106. The van der Waals surface area contributed by atoms with Gasteiger partial charge in [-0.15, -0.1) is 0 Å². The van der Waals surface area contributed by atoms with Crippen molar-refractivity contribution >= 4 is 12.0 Å². The molecule has 2 rings (SSSR count). The molecule has 0 heterocycles. The first-order chi connectivity index (χ1) is 9.62. The number of hydrogen-bond acceptors (Lipinski definition) is 5. The van der Waals surface area contributed by atoms with Gasteiger partial charge in [0.05, 0.1) is 19.8 Å². The van der Waals surface area contributed by atoms with Crippen LogP contribution in [0.3, 0.4) is 0 Å². The van der Waals surface area contributed by atoms with Crippen molar-refractivity contribution in [3.8, 4) is 17.2 Å². The summed E-state index contributed by atoms with van der Waals surface area (Å²) in [6, 6.07) is 12.0. The molecular formula is C15H17NO4. The Labute approximate surface area is 117 Å². The number of carbonyl (C=O) groups is 1. The minimum atomic E-state index is -0.106. The number of methoxy groups -OCH3 is 2. The Balaban J connectivity index is 0.000000204. The van der Waals surface area contributed by atoms with Gasteiger partial charge in [0.25, 0.3) is 0 Å². The van der Waals surface area contributed by atoms with E-state index in [2.05, 4.69) is 0 Å². The third-order valence-electron chi connectivity index (χ3n) is 2.49. The van der Waals surface area contributed by atoms with Gasteiger partial charge in [0.2, 0.25) is 0 Å². The maximum Gasteiger partial charge on any atom is 0.168 e. The summed E-state index contributed by atoms with van der Waals surface area (Å²) < 4.78 is 9.69. The Morgan fingerprint density at radius 2 is 1.70 bits per heavy atom. The molecule has 0 atom stereocenters. The van der Waals surface area contributed by atoms with Crippen molar-refractivity contribution in [2.45, 2.75) is 0 Å². The second-order valence-electron chi connectivity index (χ2n) is 3.79. The topological polar surface area (TPSA) is 81.8 Å². The zero-order valence-corrected chi connectivity index (χ0v) is 11.4. The van der Waals surface area contributed by atoms with Crippen LogP contribution in [0.25, 0.3) is 0 Å². The quantitative estimate of drug-likeness (QED) is 0.664. The molecule has 0 aromatic heterocycles. The van der Waals surface area contributed by atoms with Crippen LogP contribution in [-0.2, 0) is 0 Å². The fraction of sp³-hybridized carbons (Fsp3) is 0.133.